The van der Waals surface area contributed by atoms with Crippen molar-refractivity contribution >= 4 is 21.9 Å². The molecule has 4 heteroatoms. The van der Waals surface area contributed by atoms with Gasteiger partial charge in [0.1, 0.15) is 11.2 Å². The van der Waals surface area contributed by atoms with Gasteiger partial charge in [0, 0.05) is 27.5 Å². The van der Waals surface area contributed by atoms with Crippen LogP contribution < -0.4 is 0 Å². The van der Waals surface area contributed by atoms with Gasteiger partial charge in [-0.05, 0) is 57.6 Å². The van der Waals surface area contributed by atoms with E-state index in [4.69, 9.17) is 19.4 Å². The Morgan fingerprint density at radius 3 is 1.45 bits per heavy atom. The molecule has 4 nitrogen and oxygen atoms in total. The first-order chi connectivity index (χ1) is 24.3. The van der Waals surface area contributed by atoms with Gasteiger partial charge in [0.05, 0.1) is 0 Å². The summed E-state index contributed by atoms with van der Waals surface area (Å²) in [7, 11) is 0. The molecule has 0 unspecified atom stereocenters. The Kier molecular flexibility index (Phi) is 7.10. The minimum absolute atomic E-state index is 0.595. The molecule has 230 valence electrons. The van der Waals surface area contributed by atoms with E-state index in [0.29, 0.717) is 17.5 Å². The average Bonchev–Trinajstić information content (AvgIpc) is 3.57. The summed E-state index contributed by atoms with van der Waals surface area (Å²) in [5.41, 5.74) is 11.1. The third kappa shape index (κ3) is 5.45. The minimum Gasteiger partial charge on any atom is -0.456 e. The highest BCUT2D eigenvalue weighted by molar-refractivity contribution is 6.12. The predicted octanol–water partition coefficient (Wildman–Crippen LogP) is 11.8. The molecular formula is C45H29N3O. The van der Waals surface area contributed by atoms with Gasteiger partial charge in [-0.1, -0.05) is 152 Å². The van der Waals surface area contributed by atoms with Crippen LogP contribution in [0.15, 0.2) is 180 Å². The molecule has 0 bridgehead atoms. The summed E-state index contributed by atoms with van der Waals surface area (Å²) >= 11 is 0. The normalized spacial score (nSPS) is 11.3. The Morgan fingerprint density at radius 2 is 0.776 bits per heavy atom. The van der Waals surface area contributed by atoms with Crippen LogP contribution in [0.1, 0.15) is 0 Å². The summed E-state index contributed by atoms with van der Waals surface area (Å²) in [4.78, 5) is 15.3. The molecule has 2 heterocycles. The van der Waals surface area contributed by atoms with Gasteiger partial charge in [0.15, 0.2) is 17.5 Å². The third-order valence-corrected chi connectivity index (χ3v) is 8.96. The SMILES string of the molecule is c1ccc(-c2ccc(-c3nc(-c4cccc(-c5ccccc5)c4)nc(-c4cccc5oc6cc(-c7ccccc7)ccc6c45)n3)cc2)cc1. The maximum absolute atomic E-state index is 6.46. The molecule has 49 heavy (non-hydrogen) atoms. The Labute approximate surface area is 284 Å². The Hall–Kier alpha value is -6.65. The zero-order valence-electron chi connectivity index (χ0n) is 26.5. The van der Waals surface area contributed by atoms with Gasteiger partial charge in [-0.3, -0.25) is 0 Å². The van der Waals surface area contributed by atoms with Crippen molar-refractivity contribution in [1.82, 2.24) is 15.0 Å². The third-order valence-electron chi connectivity index (χ3n) is 8.96. The number of fused-ring (bicyclic) bond motifs is 3. The van der Waals surface area contributed by atoms with Gasteiger partial charge in [-0.2, -0.15) is 0 Å². The second kappa shape index (κ2) is 12.2. The molecule has 0 aliphatic carbocycles. The van der Waals surface area contributed by atoms with Crippen molar-refractivity contribution in [3.63, 3.8) is 0 Å². The van der Waals surface area contributed by atoms with Gasteiger partial charge in [0.2, 0.25) is 0 Å². The second-order valence-electron chi connectivity index (χ2n) is 12.1. The molecule has 0 saturated heterocycles. The largest absolute Gasteiger partial charge is 0.456 e. The fourth-order valence-corrected chi connectivity index (χ4v) is 6.49. The van der Waals surface area contributed by atoms with Crippen molar-refractivity contribution in [1.29, 1.82) is 0 Å². The summed E-state index contributed by atoms with van der Waals surface area (Å²) in [5, 5.41) is 2.00. The van der Waals surface area contributed by atoms with E-state index in [9.17, 15) is 0 Å². The fourth-order valence-electron chi connectivity index (χ4n) is 6.49. The summed E-state index contributed by atoms with van der Waals surface area (Å²) in [5.74, 6) is 1.82. The molecule has 0 spiro atoms. The van der Waals surface area contributed by atoms with E-state index < -0.39 is 0 Å². The lowest BCUT2D eigenvalue weighted by Gasteiger charge is -2.11. The maximum Gasteiger partial charge on any atom is 0.164 e. The standard InChI is InChI=1S/C45H29N3O/c1-4-12-30(13-5-1)33-22-24-34(25-23-33)43-46-44(37-19-10-18-35(28-37)31-14-6-2-7-15-31)48-45(47-43)39-20-11-21-40-42(39)38-27-26-36(29-41(38)49-40)32-16-8-3-9-17-32/h1-29H. The summed E-state index contributed by atoms with van der Waals surface area (Å²) in [6.07, 6.45) is 0. The van der Waals surface area contributed by atoms with Crippen LogP contribution in [-0.4, -0.2) is 15.0 Å². The lowest BCUT2D eigenvalue weighted by molar-refractivity contribution is 0.669. The number of rotatable bonds is 6. The molecule has 0 amide bonds. The van der Waals surface area contributed by atoms with Gasteiger partial charge in [-0.25, -0.2) is 15.0 Å². The van der Waals surface area contributed by atoms with Gasteiger partial charge >= 0.3 is 0 Å². The van der Waals surface area contributed by atoms with Gasteiger partial charge in [0.25, 0.3) is 0 Å². The zero-order chi connectivity index (χ0) is 32.6. The second-order valence-corrected chi connectivity index (χ2v) is 12.1. The summed E-state index contributed by atoms with van der Waals surface area (Å²) in [6.45, 7) is 0. The molecule has 0 atom stereocenters. The monoisotopic (exact) mass is 627 g/mol. The molecule has 9 aromatic rings. The summed E-state index contributed by atoms with van der Waals surface area (Å²) < 4.78 is 6.46. The number of hydrogen-bond acceptors (Lipinski definition) is 4. The zero-order valence-corrected chi connectivity index (χ0v) is 26.5. The predicted molar refractivity (Wildman–Crippen MR) is 200 cm³/mol. The first-order valence-electron chi connectivity index (χ1n) is 16.4. The molecule has 0 N–H and O–H groups in total. The maximum atomic E-state index is 6.46. The number of furan rings is 1. The highest BCUT2D eigenvalue weighted by Gasteiger charge is 2.18. The van der Waals surface area contributed by atoms with E-state index in [-0.39, 0.29) is 0 Å². The highest BCUT2D eigenvalue weighted by atomic mass is 16.3. The van der Waals surface area contributed by atoms with Crippen LogP contribution >= 0.6 is 0 Å². The van der Waals surface area contributed by atoms with Crippen molar-refractivity contribution in [3.8, 4) is 67.5 Å². The lowest BCUT2D eigenvalue weighted by atomic mass is 10.0. The minimum atomic E-state index is 0.595. The van der Waals surface area contributed by atoms with Crippen LogP contribution in [0.2, 0.25) is 0 Å². The smallest absolute Gasteiger partial charge is 0.164 e. The van der Waals surface area contributed by atoms with Crippen molar-refractivity contribution in [2.45, 2.75) is 0 Å². The highest BCUT2D eigenvalue weighted by Crippen LogP contribution is 2.38. The van der Waals surface area contributed by atoms with E-state index in [2.05, 4.69) is 146 Å². The molecule has 9 rings (SSSR count). The first kappa shape index (κ1) is 28.6. The molecule has 7 aromatic carbocycles. The molecule has 0 aliphatic heterocycles. The molecule has 2 aromatic heterocycles. The lowest BCUT2D eigenvalue weighted by Crippen LogP contribution is -2.00. The molecular weight excluding hydrogens is 599 g/mol. The van der Waals surface area contributed by atoms with E-state index in [1.165, 1.54) is 0 Å². The summed E-state index contributed by atoms with van der Waals surface area (Å²) in [6, 6.07) is 60.4. The van der Waals surface area contributed by atoms with Gasteiger partial charge in [-0.15, -0.1) is 0 Å². The molecule has 0 saturated carbocycles. The van der Waals surface area contributed by atoms with Crippen LogP contribution in [0.4, 0.5) is 0 Å². The number of hydrogen-bond donors (Lipinski definition) is 0. The number of benzene rings is 7. The van der Waals surface area contributed by atoms with Crippen LogP contribution in [0, 0.1) is 0 Å². The van der Waals surface area contributed by atoms with Crippen molar-refractivity contribution < 1.29 is 4.42 Å². The Bertz CT molecular complexity index is 2580. The van der Waals surface area contributed by atoms with E-state index in [1.807, 2.05) is 30.3 Å². The number of nitrogens with zero attached hydrogens (tertiary/aromatic N) is 3. The van der Waals surface area contributed by atoms with Crippen LogP contribution in [0.3, 0.4) is 0 Å². The van der Waals surface area contributed by atoms with Crippen molar-refractivity contribution in [2.75, 3.05) is 0 Å². The quantitative estimate of drug-likeness (QED) is 0.184. The Balaban J connectivity index is 1.21. The van der Waals surface area contributed by atoms with E-state index in [1.54, 1.807) is 0 Å². The molecule has 0 radical (unpaired) electrons. The van der Waals surface area contributed by atoms with Crippen molar-refractivity contribution in [2.24, 2.45) is 0 Å². The Morgan fingerprint density at radius 1 is 0.306 bits per heavy atom. The van der Waals surface area contributed by atoms with Gasteiger partial charge < -0.3 is 4.42 Å². The van der Waals surface area contributed by atoms with E-state index in [0.717, 1.165) is 72.0 Å². The first-order valence-corrected chi connectivity index (χ1v) is 16.4. The van der Waals surface area contributed by atoms with Crippen LogP contribution in [0.25, 0.3) is 89.5 Å². The fraction of sp³-hybridized carbons (Fsp3) is 0. The van der Waals surface area contributed by atoms with Crippen molar-refractivity contribution in [3.05, 3.63) is 176 Å². The average molecular weight is 628 g/mol. The molecule has 0 aliphatic rings. The van der Waals surface area contributed by atoms with Crippen LogP contribution in [-0.2, 0) is 0 Å². The van der Waals surface area contributed by atoms with E-state index >= 15 is 0 Å². The number of aromatic nitrogens is 3. The molecule has 0 fully saturated rings. The topological polar surface area (TPSA) is 51.8 Å². The van der Waals surface area contributed by atoms with Crippen LogP contribution in [0.5, 0.6) is 0 Å².